The second-order valence-electron chi connectivity index (χ2n) is 4.66. The number of methoxy groups -OCH3 is 1. The summed E-state index contributed by atoms with van der Waals surface area (Å²) in [6.45, 7) is 2.24. The lowest BCUT2D eigenvalue weighted by molar-refractivity contribution is 0.0594. The fraction of sp³-hybridized carbons (Fsp3) is 0.312. The van der Waals surface area contributed by atoms with Crippen LogP contribution in [0, 0.1) is 0 Å². The zero-order valence-electron chi connectivity index (χ0n) is 13.0. The molecule has 0 radical (unpaired) electrons. The number of ether oxygens (including phenoxy) is 2. The highest BCUT2D eigenvalue weighted by Gasteiger charge is 2.09. The average molecular weight is 316 g/mol. The standard InChI is InChI=1S/C16H20N4O3/c1-22-16(21)14-4-2-3-13(20-14)12-5-7-18-15(11-12)19-8-10-23-9-6-17/h2-5,7,11H,6,8-10,17H2,1H3,(H,18,19). The molecule has 0 aliphatic heterocycles. The Balaban J connectivity index is 2.06. The predicted molar refractivity (Wildman–Crippen MR) is 87.2 cm³/mol. The molecule has 7 heteroatoms. The van der Waals surface area contributed by atoms with Crippen molar-refractivity contribution >= 4 is 11.8 Å². The van der Waals surface area contributed by atoms with Crippen molar-refractivity contribution in [2.75, 3.05) is 38.7 Å². The number of carbonyl (C=O) groups excluding carboxylic acids is 1. The number of anilines is 1. The molecule has 23 heavy (non-hydrogen) atoms. The summed E-state index contributed by atoms with van der Waals surface area (Å²) in [5, 5.41) is 3.17. The van der Waals surface area contributed by atoms with Crippen LogP contribution in [-0.2, 0) is 9.47 Å². The van der Waals surface area contributed by atoms with Crippen LogP contribution in [0.25, 0.3) is 11.3 Å². The summed E-state index contributed by atoms with van der Waals surface area (Å²) in [6.07, 6.45) is 1.69. The number of carbonyl (C=O) groups is 1. The van der Waals surface area contributed by atoms with Crippen molar-refractivity contribution in [1.29, 1.82) is 0 Å². The summed E-state index contributed by atoms with van der Waals surface area (Å²) in [7, 11) is 1.33. The Labute approximate surface area is 134 Å². The van der Waals surface area contributed by atoms with Gasteiger partial charge in [-0.2, -0.15) is 0 Å². The maximum Gasteiger partial charge on any atom is 0.356 e. The quantitative estimate of drug-likeness (QED) is 0.559. The van der Waals surface area contributed by atoms with Gasteiger partial charge >= 0.3 is 5.97 Å². The number of rotatable bonds is 8. The second kappa shape index (κ2) is 8.82. The minimum Gasteiger partial charge on any atom is -0.464 e. The van der Waals surface area contributed by atoms with Crippen LogP contribution in [0.3, 0.4) is 0 Å². The first kappa shape index (κ1) is 16.9. The van der Waals surface area contributed by atoms with Crippen molar-refractivity contribution in [2.24, 2.45) is 5.73 Å². The molecule has 0 fully saturated rings. The SMILES string of the molecule is COC(=O)c1cccc(-c2ccnc(NCCOCCN)c2)n1. The summed E-state index contributed by atoms with van der Waals surface area (Å²) in [5.74, 6) is 0.250. The lowest BCUT2D eigenvalue weighted by Crippen LogP contribution is -2.14. The Morgan fingerprint density at radius 1 is 1.30 bits per heavy atom. The summed E-state index contributed by atoms with van der Waals surface area (Å²) in [6, 6.07) is 8.91. The zero-order valence-corrected chi connectivity index (χ0v) is 13.0. The van der Waals surface area contributed by atoms with Crippen molar-refractivity contribution < 1.29 is 14.3 Å². The highest BCUT2D eigenvalue weighted by Crippen LogP contribution is 2.19. The fourth-order valence-corrected chi connectivity index (χ4v) is 1.94. The minimum atomic E-state index is -0.462. The maximum atomic E-state index is 11.6. The molecule has 0 aliphatic rings. The number of nitrogens with one attached hydrogen (secondary N) is 1. The van der Waals surface area contributed by atoms with E-state index in [1.165, 1.54) is 7.11 Å². The third-order valence-corrected chi connectivity index (χ3v) is 3.01. The molecule has 0 saturated carbocycles. The topological polar surface area (TPSA) is 99.4 Å². The second-order valence-corrected chi connectivity index (χ2v) is 4.66. The summed E-state index contributed by atoms with van der Waals surface area (Å²) in [4.78, 5) is 20.1. The van der Waals surface area contributed by atoms with Crippen LogP contribution >= 0.6 is 0 Å². The van der Waals surface area contributed by atoms with Crippen molar-refractivity contribution in [2.45, 2.75) is 0 Å². The Morgan fingerprint density at radius 3 is 2.96 bits per heavy atom. The summed E-state index contributed by atoms with van der Waals surface area (Å²) < 4.78 is 9.98. The van der Waals surface area contributed by atoms with Crippen LogP contribution in [0.4, 0.5) is 5.82 Å². The first-order chi connectivity index (χ1) is 11.2. The van der Waals surface area contributed by atoms with Crippen LogP contribution < -0.4 is 11.1 Å². The molecule has 0 amide bonds. The predicted octanol–water partition coefficient (Wildman–Crippen LogP) is 1.32. The largest absolute Gasteiger partial charge is 0.464 e. The molecule has 0 spiro atoms. The molecule has 0 saturated heterocycles. The van der Waals surface area contributed by atoms with E-state index in [9.17, 15) is 4.79 Å². The Kier molecular flexibility index (Phi) is 6.46. The molecule has 2 aromatic rings. The molecule has 2 rings (SSSR count). The molecule has 2 aromatic heterocycles. The minimum absolute atomic E-state index is 0.270. The molecule has 122 valence electrons. The summed E-state index contributed by atoms with van der Waals surface area (Å²) in [5.41, 5.74) is 7.16. The lowest BCUT2D eigenvalue weighted by atomic mass is 10.1. The van der Waals surface area contributed by atoms with Gasteiger partial charge in [-0.25, -0.2) is 14.8 Å². The van der Waals surface area contributed by atoms with Crippen LogP contribution in [0.5, 0.6) is 0 Å². The molecule has 0 atom stereocenters. The Hall–Kier alpha value is -2.51. The third kappa shape index (κ3) is 5.01. The normalized spacial score (nSPS) is 10.3. The van der Waals surface area contributed by atoms with Crippen LogP contribution in [-0.4, -0.2) is 49.4 Å². The van der Waals surface area contributed by atoms with Gasteiger partial charge < -0.3 is 20.5 Å². The van der Waals surface area contributed by atoms with Gasteiger partial charge in [0, 0.05) is 24.8 Å². The van der Waals surface area contributed by atoms with Crippen molar-refractivity contribution in [3.8, 4) is 11.3 Å². The Bertz CT molecular complexity index is 649. The van der Waals surface area contributed by atoms with Gasteiger partial charge in [-0.05, 0) is 24.3 Å². The van der Waals surface area contributed by atoms with E-state index in [0.717, 1.165) is 5.56 Å². The Morgan fingerprint density at radius 2 is 2.17 bits per heavy atom. The molecule has 3 N–H and O–H groups in total. The highest BCUT2D eigenvalue weighted by molar-refractivity contribution is 5.87. The smallest absolute Gasteiger partial charge is 0.356 e. The molecule has 0 bridgehead atoms. The molecule has 0 aliphatic carbocycles. The fourth-order valence-electron chi connectivity index (χ4n) is 1.94. The van der Waals surface area contributed by atoms with Gasteiger partial charge in [0.25, 0.3) is 0 Å². The van der Waals surface area contributed by atoms with Gasteiger partial charge in [0.1, 0.15) is 11.5 Å². The first-order valence-electron chi connectivity index (χ1n) is 7.28. The molecule has 0 aromatic carbocycles. The molecular formula is C16H20N4O3. The monoisotopic (exact) mass is 316 g/mol. The van der Waals surface area contributed by atoms with Crippen LogP contribution in [0.2, 0.25) is 0 Å². The summed E-state index contributed by atoms with van der Waals surface area (Å²) >= 11 is 0. The highest BCUT2D eigenvalue weighted by atomic mass is 16.5. The molecular weight excluding hydrogens is 296 g/mol. The van der Waals surface area contributed by atoms with Gasteiger partial charge in [-0.15, -0.1) is 0 Å². The van der Waals surface area contributed by atoms with E-state index < -0.39 is 5.97 Å². The number of nitrogens with zero attached hydrogens (tertiary/aromatic N) is 2. The van der Waals surface area contributed by atoms with E-state index in [4.69, 9.17) is 10.5 Å². The number of esters is 1. The van der Waals surface area contributed by atoms with Crippen LogP contribution in [0.1, 0.15) is 10.5 Å². The van der Waals surface area contributed by atoms with E-state index in [1.54, 1.807) is 18.3 Å². The average Bonchev–Trinajstić information content (AvgIpc) is 2.61. The number of pyridine rings is 2. The van der Waals surface area contributed by atoms with Gasteiger partial charge in [0.2, 0.25) is 0 Å². The van der Waals surface area contributed by atoms with E-state index in [-0.39, 0.29) is 5.69 Å². The van der Waals surface area contributed by atoms with Crippen LogP contribution in [0.15, 0.2) is 36.5 Å². The number of hydrogen-bond donors (Lipinski definition) is 2. The van der Waals surface area contributed by atoms with Crippen molar-refractivity contribution in [3.63, 3.8) is 0 Å². The number of aromatic nitrogens is 2. The lowest BCUT2D eigenvalue weighted by Gasteiger charge is -2.08. The van der Waals surface area contributed by atoms with E-state index >= 15 is 0 Å². The van der Waals surface area contributed by atoms with E-state index in [0.29, 0.717) is 37.8 Å². The van der Waals surface area contributed by atoms with E-state index in [2.05, 4.69) is 20.0 Å². The first-order valence-corrected chi connectivity index (χ1v) is 7.28. The van der Waals surface area contributed by atoms with Crippen molar-refractivity contribution in [1.82, 2.24) is 9.97 Å². The van der Waals surface area contributed by atoms with Gasteiger partial charge in [0.15, 0.2) is 0 Å². The third-order valence-electron chi connectivity index (χ3n) is 3.01. The zero-order chi connectivity index (χ0) is 16.5. The van der Waals surface area contributed by atoms with Gasteiger partial charge in [-0.3, -0.25) is 0 Å². The molecule has 0 unspecified atom stereocenters. The van der Waals surface area contributed by atoms with E-state index in [1.807, 2.05) is 18.2 Å². The maximum absolute atomic E-state index is 11.6. The molecule has 2 heterocycles. The number of hydrogen-bond acceptors (Lipinski definition) is 7. The van der Waals surface area contributed by atoms with Gasteiger partial charge in [-0.1, -0.05) is 6.07 Å². The molecule has 7 nitrogen and oxygen atoms in total. The number of nitrogens with two attached hydrogens (primary N) is 1. The van der Waals surface area contributed by atoms with Crippen molar-refractivity contribution in [3.05, 3.63) is 42.2 Å². The van der Waals surface area contributed by atoms with Gasteiger partial charge in [0.05, 0.1) is 26.0 Å².